The molecule has 0 bridgehead atoms. The average molecular weight is 239 g/mol. The van der Waals surface area contributed by atoms with Crippen LogP contribution in [0, 0.1) is 16.7 Å². The summed E-state index contributed by atoms with van der Waals surface area (Å²) in [4.78, 5) is 11.0. The van der Waals surface area contributed by atoms with E-state index in [0.29, 0.717) is 5.92 Å². The predicted molar refractivity (Wildman–Crippen MR) is 74.1 cm³/mol. The average Bonchev–Trinajstić information content (AvgIpc) is 2.34. The van der Waals surface area contributed by atoms with E-state index in [1.807, 2.05) is 13.8 Å². The predicted octanol–water partition coefficient (Wildman–Crippen LogP) is 5.31. The topological polar surface area (TPSA) is 29.4 Å². The summed E-state index contributed by atoms with van der Waals surface area (Å²) in [5.74, 6) is 1.35. The van der Waals surface area contributed by atoms with Crippen molar-refractivity contribution >= 4 is 0 Å². The zero-order valence-corrected chi connectivity index (χ0v) is 11.9. The Morgan fingerprint density at radius 1 is 0.882 bits per heavy atom. The second kappa shape index (κ2) is 7.13. The third kappa shape index (κ3) is 5.18. The molecule has 1 rings (SSSR count). The summed E-state index contributed by atoms with van der Waals surface area (Å²) in [5.41, 5.74) is -0.364. The third-order valence-electron chi connectivity index (χ3n) is 4.48. The molecule has 2 atom stereocenters. The number of hydrogen-bond acceptors (Lipinski definition) is 2. The molecule has 1 fully saturated rings. The van der Waals surface area contributed by atoms with Gasteiger partial charge in [-0.1, -0.05) is 57.0 Å². The van der Waals surface area contributed by atoms with Gasteiger partial charge in [-0.2, -0.15) is 4.91 Å². The highest BCUT2D eigenvalue weighted by atomic mass is 16.3. The first-order valence-electron chi connectivity index (χ1n) is 7.41. The molecule has 0 spiro atoms. The second-order valence-corrected chi connectivity index (χ2v) is 6.47. The van der Waals surface area contributed by atoms with Gasteiger partial charge in [0.2, 0.25) is 0 Å². The van der Waals surface area contributed by atoms with Crippen molar-refractivity contribution in [3.05, 3.63) is 4.91 Å². The molecular formula is C15H29NO. The fourth-order valence-electron chi connectivity index (χ4n) is 3.02. The Hall–Kier alpha value is -0.400. The Morgan fingerprint density at radius 3 is 2.06 bits per heavy atom. The van der Waals surface area contributed by atoms with Gasteiger partial charge in [-0.15, -0.1) is 0 Å². The molecule has 0 radical (unpaired) electrons. The first-order valence-corrected chi connectivity index (χ1v) is 7.41. The van der Waals surface area contributed by atoms with Crippen LogP contribution in [0.25, 0.3) is 0 Å². The molecule has 1 aliphatic rings. The van der Waals surface area contributed by atoms with Crippen molar-refractivity contribution in [2.45, 2.75) is 84.1 Å². The van der Waals surface area contributed by atoms with Crippen LogP contribution in [-0.4, -0.2) is 5.54 Å². The van der Waals surface area contributed by atoms with Crippen molar-refractivity contribution in [1.29, 1.82) is 0 Å². The normalized spacial score (nSPS) is 29.4. The summed E-state index contributed by atoms with van der Waals surface area (Å²) in [7, 11) is 0. The van der Waals surface area contributed by atoms with Gasteiger partial charge >= 0.3 is 0 Å². The van der Waals surface area contributed by atoms with E-state index in [-0.39, 0.29) is 5.54 Å². The van der Waals surface area contributed by atoms with Crippen LogP contribution in [-0.2, 0) is 0 Å². The number of hydrogen-bond donors (Lipinski definition) is 0. The molecule has 0 aliphatic heterocycles. The first kappa shape index (κ1) is 14.7. The van der Waals surface area contributed by atoms with Gasteiger partial charge in [0.1, 0.15) is 0 Å². The van der Waals surface area contributed by atoms with Crippen LogP contribution in [0.1, 0.15) is 78.6 Å². The molecule has 100 valence electrons. The zero-order valence-electron chi connectivity index (χ0n) is 11.9. The molecule has 2 heteroatoms. The van der Waals surface area contributed by atoms with Crippen molar-refractivity contribution in [3.8, 4) is 0 Å². The van der Waals surface area contributed by atoms with E-state index in [4.69, 9.17) is 0 Å². The van der Waals surface area contributed by atoms with Gasteiger partial charge in [-0.3, -0.25) is 0 Å². The van der Waals surface area contributed by atoms with Crippen LogP contribution in [0.4, 0.5) is 0 Å². The summed E-state index contributed by atoms with van der Waals surface area (Å²) < 4.78 is 0. The molecule has 0 amide bonds. The third-order valence-corrected chi connectivity index (χ3v) is 4.48. The summed E-state index contributed by atoms with van der Waals surface area (Å²) >= 11 is 0. The molecule has 1 saturated carbocycles. The molecule has 1 aliphatic carbocycles. The van der Waals surface area contributed by atoms with Crippen LogP contribution in [0.15, 0.2) is 5.18 Å². The highest BCUT2D eigenvalue weighted by molar-refractivity contribution is 4.85. The molecule has 2 nitrogen and oxygen atoms in total. The lowest BCUT2D eigenvalue weighted by Gasteiger charge is -2.28. The number of nitrogens with zero attached hydrogens (tertiary/aromatic N) is 1. The van der Waals surface area contributed by atoms with E-state index in [1.165, 1.54) is 57.8 Å². The van der Waals surface area contributed by atoms with E-state index in [2.05, 4.69) is 12.1 Å². The van der Waals surface area contributed by atoms with Crippen molar-refractivity contribution in [1.82, 2.24) is 0 Å². The smallest absolute Gasteiger partial charge is 0.0998 e. The van der Waals surface area contributed by atoms with Gasteiger partial charge in [0.05, 0.1) is 5.54 Å². The van der Waals surface area contributed by atoms with E-state index >= 15 is 0 Å². The second-order valence-electron chi connectivity index (χ2n) is 6.47. The van der Waals surface area contributed by atoms with E-state index in [0.717, 1.165) is 5.92 Å². The Balaban J connectivity index is 2.54. The molecule has 0 aromatic heterocycles. The summed E-state index contributed by atoms with van der Waals surface area (Å²) in [6.45, 7) is 6.39. The molecule has 0 heterocycles. The highest BCUT2D eigenvalue weighted by Gasteiger charge is 2.30. The number of nitroso groups, excluding NO2 is 1. The quantitative estimate of drug-likeness (QED) is 0.600. The van der Waals surface area contributed by atoms with Crippen LogP contribution >= 0.6 is 0 Å². The van der Waals surface area contributed by atoms with Crippen LogP contribution < -0.4 is 0 Å². The van der Waals surface area contributed by atoms with E-state index in [9.17, 15) is 4.91 Å². The zero-order chi connectivity index (χ0) is 12.7. The molecule has 0 aromatic carbocycles. The maximum atomic E-state index is 11.0. The highest BCUT2D eigenvalue weighted by Crippen LogP contribution is 2.32. The molecule has 17 heavy (non-hydrogen) atoms. The molecule has 0 N–H and O–H groups in total. The van der Waals surface area contributed by atoms with Gasteiger partial charge in [-0.05, 0) is 38.5 Å². The maximum absolute atomic E-state index is 11.0. The maximum Gasteiger partial charge on any atom is 0.0998 e. The lowest BCUT2D eigenvalue weighted by atomic mass is 9.80. The Labute approximate surface area is 107 Å². The monoisotopic (exact) mass is 239 g/mol. The van der Waals surface area contributed by atoms with Crippen molar-refractivity contribution in [2.24, 2.45) is 17.0 Å². The van der Waals surface area contributed by atoms with Crippen LogP contribution in [0.2, 0.25) is 0 Å². The van der Waals surface area contributed by atoms with Gasteiger partial charge in [-0.25, -0.2) is 0 Å². The van der Waals surface area contributed by atoms with Crippen LogP contribution in [0.3, 0.4) is 0 Å². The van der Waals surface area contributed by atoms with Crippen molar-refractivity contribution in [2.75, 3.05) is 0 Å². The lowest BCUT2D eigenvalue weighted by Crippen LogP contribution is -2.28. The van der Waals surface area contributed by atoms with Crippen molar-refractivity contribution in [3.63, 3.8) is 0 Å². The Bertz CT molecular complexity index is 225. The summed E-state index contributed by atoms with van der Waals surface area (Å²) in [6, 6.07) is 0. The minimum Gasteiger partial charge on any atom is -0.150 e. The van der Waals surface area contributed by atoms with Gasteiger partial charge in [0.15, 0.2) is 0 Å². The first-order chi connectivity index (χ1) is 8.06. The summed E-state index contributed by atoms with van der Waals surface area (Å²) in [6.07, 6.45) is 11.7. The summed E-state index contributed by atoms with van der Waals surface area (Å²) in [5, 5.41) is 3.36. The fraction of sp³-hybridized carbons (Fsp3) is 1.00. The number of rotatable bonds is 2. The van der Waals surface area contributed by atoms with E-state index < -0.39 is 0 Å². The fourth-order valence-corrected chi connectivity index (χ4v) is 3.02. The van der Waals surface area contributed by atoms with Crippen molar-refractivity contribution < 1.29 is 0 Å². The van der Waals surface area contributed by atoms with Crippen LogP contribution in [0.5, 0.6) is 0 Å². The standard InChI is InChI=1S/C15H29NO/c1-13-9-6-4-5-7-11-14(12-8-10-13)15(2,3)16-17/h13-14H,4-12H2,1-3H3/t13-,14?/m1/s1. The van der Waals surface area contributed by atoms with Gasteiger partial charge < -0.3 is 0 Å². The molecule has 1 unspecified atom stereocenters. The Kier molecular flexibility index (Phi) is 6.15. The van der Waals surface area contributed by atoms with Gasteiger partial charge in [0, 0.05) is 0 Å². The Morgan fingerprint density at radius 2 is 1.41 bits per heavy atom. The molecular weight excluding hydrogens is 210 g/mol. The van der Waals surface area contributed by atoms with Gasteiger partial charge in [0.25, 0.3) is 0 Å². The largest absolute Gasteiger partial charge is 0.150 e. The molecule has 0 saturated heterocycles. The molecule has 0 aromatic rings. The lowest BCUT2D eigenvalue weighted by molar-refractivity contribution is 0.266. The minimum atomic E-state index is -0.364. The van der Waals surface area contributed by atoms with E-state index in [1.54, 1.807) is 0 Å². The minimum absolute atomic E-state index is 0.364. The SMILES string of the molecule is C[C@@H]1CCCCCCC(C(C)(C)N=O)CCC1.